The summed E-state index contributed by atoms with van der Waals surface area (Å²) in [4.78, 5) is 17.1. The predicted molar refractivity (Wildman–Crippen MR) is 118 cm³/mol. The minimum atomic E-state index is -4.37. The molecule has 0 radical (unpaired) electrons. The molecule has 1 aliphatic heterocycles. The van der Waals surface area contributed by atoms with E-state index in [1.807, 2.05) is 29.8 Å². The molecule has 1 aromatic carbocycles. The number of fused-ring (bicyclic) bond motifs is 1. The molecule has 8 heteroatoms. The van der Waals surface area contributed by atoms with Gasteiger partial charge in [0.25, 0.3) is 0 Å². The summed E-state index contributed by atoms with van der Waals surface area (Å²) in [6.07, 6.45) is 0.140. The number of pyridine rings is 1. The summed E-state index contributed by atoms with van der Waals surface area (Å²) in [5.74, 6) is 0.779. The van der Waals surface area contributed by atoms with Crippen molar-refractivity contribution in [2.24, 2.45) is 0 Å². The predicted octanol–water partition coefficient (Wildman–Crippen LogP) is 5.84. The zero-order valence-corrected chi connectivity index (χ0v) is 17.8. The maximum atomic E-state index is 13.0. The van der Waals surface area contributed by atoms with E-state index in [4.69, 9.17) is 4.98 Å². The van der Waals surface area contributed by atoms with Crippen LogP contribution in [0.3, 0.4) is 0 Å². The van der Waals surface area contributed by atoms with Crippen molar-refractivity contribution in [1.29, 1.82) is 0 Å². The maximum absolute atomic E-state index is 13.0. The molecule has 0 atom stereocenters. The monoisotopic (exact) mass is 452 g/mol. The molecule has 1 aliphatic rings. The summed E-state index contributed by atoms with van der Waals surface area (Å²) >= 11 is 1.63. The fourth-order valence-corrected chi connectivity index (χ4v) is 4.50. The van der Waals surface area contributed by atoms with Crippen LogP contribution in [-0.2, 0) is 25.7 Å². The number of benzene rings is 1. The molecule has 0 aliphatic carbocycles. The lowest BCUT2D eigenvalue weighted by Crippen LogP contribution is -2.31. The Balaban J connectivity index is 1.27. The summed E-state index contributed by atoms with van der Waals surface area (Å²) in [5.41, 5.74) is 3.55. The molecule has 4 heterocycles. The van der Waals surface area contributed by atoms with Crippen LogP contribution >= 0.6 is 11.3 Å². The highest BCUT2D eigenvalue weighted by atomic mass is 32.1. The SMILES string of the molecule is FC(F)(F)c1cccc(-c2ccc(CN3CCc4nc(-c5cccs5)ncc4C3)cn2)c1. The minimum Gasteiger partial charge on any atom is -0.294 e. The second-order valence-electron chi connectivity index (χ2n) is 7.73. The van der Waals surface area contributed by atoms with Crippen LogP contribution in [0.15, 0.2) is 66.3 Å². The molecule has 0 amide bonds. The van der Waals surface area contributed by atoms with Gasteiger partial charge in [0.1, 0.15) is 0 Å². The molecule has 162 valence electrons. The van der Waals surface area contributed by atoms with E-state index in [-0.39, 0.29) is 0 Å². The van der Waals surface area contributed by atoms with Gasteiger partial charge < -0.3 is 0 Å². The molecule has 3 aromatic heterocycles. The third-order valence-corrected chi connectivity index (χ3v) is 6.34. The number of hydrogen-bond donors (Lipinski definition) is 0. The van der Waals surface area contributed by atoms with Crippen LogP contribution in [-0.4, -0.2) is 26.4 Å². The van der Waals surface area contributed by atoms with Gasteiger partial charge in [-0.05, 0) is 35.2 Å². The van der Waals surface area contributed by atoms with E-state index in [0.717, 1.165) is 59.2 Å². The van der Waals surface area contributed by atoms with Gasteiger partial charge >= 0.3 is 6.18 Å². The van der Waals surface area contributed by atoms with Gasteiger partial charge in [0.05, 0.1) is 21.8 Å². The number of thiophene rings is 1. The van der Waals surface area contributed by atoms with E-state index in [9.17, 15) is 13.2 Å². The van der Waals surface area contributed by atoms with E-state index < -0.39 is 11.7 Å². The fourth-order valence-electron chi connectivity index (χ4n) is 3.84. The molecule has 0 bridgehead atoms. The zero-order valence-electron chi connectivity index (χ0n) is 17.0. The van der Waals surface area contributed by atoms with Gasteiger partial charge in [0, 0.05) is 49.6 Å². The Morgan fingerprint density at radius 3 is 2.66 bits per heavy atom. The molecule has 0 fully saturated rings. The first-order chi connectivity index (χ1) is 15.5. The van der Waals surface area contributed by atoms with Crippen molar-refractivity contribution in [3.8, 4) is 22.0 Å². The Kier molecular flexibility index (Phi) is 5.48. The topological polar surface area (TPSA) is 41.9 Å². The minimum absolute atomic E-state index is 0.456. The smallest absolute Gasteiger partial charge is 0.294 e. The standard InChI is InChI=1S/C24H19F3N4S/c25-24(26,27)19-4-1-3-17(11-19)20-7-6-16(12-28-20)14-31-9-8-21-18(15-31)13-29-23(30-21)22-5-2-10-32-22/h1-7,10-13H,8-9,14-15H2. The fraction of sp³-hybridized carbons (Fsp3) is 0.208. The van der Waals surface area contributed by atoms with Crippen molar-refractivity contribution in [3.05, 3.63) is 88.7 Å². The van der Waals surface area contributed by atoms with Crippen LogP contribution in [0.5, 0.6) is 0 Å². The molecule has 0 N–H and O–H groups in total. The largest absolute Gasteiger partial charge is 0.416 e. The summed E-state index contributed by atoms with van der Waals surface area (Å²) in [5, 5.41) is 2.02. The molecule has 5 rings (SSSR count). The summed E-state index contributed by atoms with van der Waals surface area (Å²) in [6.45, 7) is 2.35. The lowest BCUT2D eigenvalue weighted by atomic mass is 10.1. The highest BCUT2D eigenvalue weighted by molar-refractivity contribution is 7.13. The van der Waals surface area contributed by atoms with Crippen LogP contribution < -0.4 is 0 Å². The number of aromatic nitrogens is 3. The third kappa shape index (κ3) is 4.42. The molecule has 0 spiro atoms. The second kappa shape index (κ2) is 8.44. The highest BCUT2D eigenvalue weighted by Crippen LogP contribution is 2.32. The first-order valence-corrected chi connectivity index (χ1v) is 11.1. The number of rotatable bonds is 4. The Hall–Kier alpha value is -3.10. The van der Waals surface area contributed by atoms with Crippen LogP contribution in [0.1, 0.15) is 22.4 Å². The van der Waals surface area contributed by atoms with Crippen molar-refractivity contribution in [2.45, 2.75) is 25.7 Å². The Morgan fingerprint density at radius 1 is 1.00 bits per heavy atom. The van der Waals surface area contributed by atoms with E-state index in [1.54, 1.807) is 29.7 Å². The van der Waals surface area contributed by atoms with Gasteiger partial charge in [-0.15, -0.1) is 11.3 Å². The van der Waals surface area contributed by atoms with Crippen molar-refractivity contribution >= 4 is 11.3 Å². The Morgan fingerprint density at radius 2 is 1.91 bits per heavy atom. The van der Waals surface area contributed by atoms with Gasteiger partial charge in [0.15, 0.2) is 5.82 Å². The third-order valence-electron chi connectivity index (χ3n) is 5.47. The molecular weight excluding hydrogens is 433 g/mol. The molecular formula is C24H19F3N4S. The average molecular weight is 453 g/mol. The summed E-state index contributed by atoms with van der Waals surface area (Å²) in [6, 6.07) is 13.0. The van der Waals surface area contributed by atoms with E-state index in [0.29, 0.717) is 17.8 Å². The molecule has 0 unspecified atom stereocenters. The van der Waals surface area contributed by atoms with E-state index in [2.05, 4.69) is 14.9 Å². The van der Waals surface area contributed by atoms with Crippen molar-refractivity contribution in [1.82, 2.24) is 19.9 Å². The van der Waals surface area contributed by atoms with Crippen molar-refractivity contribution in [2.75, 3.05) is 6.54 Å². The van der Waals surface area contributed by atoms with Crippen LogP contribution in [0.25, 0.3) is 22.0 Å². The van der Waals surface area contributed by atoms with Gasteiger partial charge in [-0.25, -0.2) is 9.97 Å². The van der Waals surface area contributed by atoms with E-state index in [1.165, 1.54) is 6.07 Å². The lowest BCUT2D eigenvalue weighted by molar-refractivity contribution is -0.137. The number of alkyl halides is 3. The normalized spacial score (nSPS) is 14.3. The van der Waals surface area contributed by atoms with Gasteiger partial charge in [0.2, 0.25) is 0 Å². The summed E-state index contributed by atoms with van der Waals surface area (Å²) in [7, 11) is 0. The van der Waals surface area contributed by atoms with Crippen LogP contribution in [0, 0.1) is 0 Å². The molecule has 32 heavy (non-hydrogen) atoms. The first kappa shape index (κ1) is 20.8. The Labute approximate surface area is 187 Å². The zero-order chi connectivity index (χ0) is 22.1. The van der Waals surface area contributed by atoms with E-state index >= 15 is 0 Å². The lowest BCUT2D eigenvalue weighted by Gasteiger charge is -2.28. The molecule has 0 saturated carbocycles. The highest BCUT2D eigenvalue weighted by Gasteiger charge is 2.30. The van der Waals surface area contributed by atoms with Gasteiger partial charge in [-0.3, -0.25) is 9.88 Å². The first-order valence-electron chi connectivity index (χ1n) is 10.2. The van der Waals surface area contributed by atoms with Crippen molar-refractivity contribution in [3.63, 3.8) is 0 Å². The van der Waals surface area contributed by atoms with Crippen LogP contribution in [0.4, 0.5) is 13.2 Å². The van der Waals surface area contributed by atoms with Gasteiger partial charge in [-0.1, -0.05) is 24.3 Å². The maximum Gasteiger partial charge on any atom is 0.416 e. The number of nitrogens with zero attached hydrogens (tertiary/aromatic N) is 4. The van der Waals surface area contributed by atoms with Crippen molar-refractivity contribution < 1.29 is 13.2 Å². The average Bonchev–Trinajstić information content (AvgIpc) is 3.34. The second-order valence-corrected chi connectivity index (χ2v) is 8.68. The Bertz CT molecular complexity index is 1220. The van der Waals surface area contributed by atoms with Crippen LogP contribution in [0.2, 0.25) is 0 Å². The molecule has 0 saturated heterocycles. The number of hydrogen-bond acceptors (Lipinski definition) is 5. The quantitative estimate of drug-likeness (QED) is 0.390. The summed E-state index contributed by atoms with van der Waals surface area (Å²) < 4.78 is 38.9. The molecule has 4 aromatic rings. The van der Waals surface area contributed by atoms with Gasteiger partial charge in [-0.2, -0.15) is 13.2 Å². The molecule has 4 nitrogen and oxygen atoms in total. The number of halogens is 3.